The summed E-state index contributed by atoms with van der Waals surface area (Å²) in [6, 6.07) is 14.0. The number of halogens is 2. The third-order valence-electron chi connectivity index (χ3n) is 6.30. The summed E-state index contributed by atoms with van der Waals surface area (Å²) in [6.45, 7) is 2.22. The topological polar surface area (TPSA) is 93.1 Å². The Morgan fingerprint density at radius 1 is 1.16 bits per heavy atom. The number of H-pyrrole nitrogens is 1. The lowest BCUT2D eigenvalue weighted by molar-refractivity contribution is 0.0471. The van der Waals surface area contributed by atoms with Gasteiger partial charge in [0.2, 0.25) is 0 Å². The molecule has 0 atom stereocenters. The first-order valence-corrected chi connectivity index (χ1v) is 12.4. The first-order chi connectivity index (χ1) is 18.2. The second kappa shape index (κ2) is 10.4. The molecule has 5 aromatic rings. The summed E-state index contributed by atoms with van der Waals surface area (Å²) in [5.74, 6) is -1.20. The van der Waals surface area contributed by atoms with Crippen molar-refractivity contribution in [3.63, 3.8) is 0 Å². The Hall–Kier alpha value is -4.08. The minimum absolute atomic E-state index is 0.0696. The summed E-state index contributed by atoms with van der Waals surface area (Å²) >= 11 is 6.57. The number of likely N-dealkylation sites (N-methyl/N-ethyl adjacent to an activating group) is 1. The fraction of sp³-hybridized carbons (Fsp3) is 0.214. The summed E-state index contributed by atoms with van der Waals surface area (Å²) in [6.07, 6.45) is 1.50. The molecule has 0 amide bonds. The summed E-state index contributed by atoms with van der Waals surface area (Å²) in [4.78, 5) is 40.0. The van der Waals surface area contributed by atoms with Crippen molar-refractivity contribution in [1.29, 1.82) is 0 Å². The van der Waals surface area contributed by atoms with Crippen LogP contribution in [0.25, 0.3) is 33.1 Å². The van der Waals surface area contributed by atoms with Gasteiger partial charge >= 0.3 is 5.97 Å². The zero-order valence-corrected chi connectivity index (χ0v) is 21.8. The molecule has 10 heteroatoms. The van der Waals surface area contributed by atoms with Crippen molar-refractivity contribution in [3.05, 3.63) is 93.0 Å². The number of aryl methyl sites for hydroxylation is 1. The molecule has 0 radical (unpaired) electrons. The lowest BCUT2D eigenvalue weighted by atomic mass is 10.1. The lowest BCUT2D eigenvalue weighted by Gasteiger charge is -2.14. The van der Waals surface area contributed by atoms with E-state index in [1.54, 1.807) is 16.7 Å². The molecule has 38 heavy (non-hydrogen) atoms. The van der Waals surface area contributed by atoms with Gasteiger partial charge in [0.05, 0.1) is 34.4 Å². The van der Waals surface area contributed by atoms with Gasteiger partial charge in [-0.15, -0.1) is 0 Å². The molecule has 0 aliphatic heterocycles. The zero-order chi connectivity index (χ0) is 27.0. The zero-order valence-electron chi connectivity index (χ0n) is 21.1. The standard InChI is InChI=1S/C28H25ClFN5O3/c1-16-20(30)14-22-24(32-16)23(19-8-6-10-31-27(19)36)25(28(37)38-12-11-34(2)3)35(22)15-18-13-17-7-4-5-9-21(17)33-26(18)29/h4-10,13-14H,11-12,15H2,1-3H3,(H,31,36). The molecule has 0 bridgehead atoms. The first-order valence-electron chi connectivity index (χ1n) is 12.0. The number of nitrogens with zero attached hydrogens (tertiary/aromatic N) is 4. The normalized spacial score (nSPS) is 11.5. The van der Waals surface area contributed by atoms with Gasteiger partial charge in [0.25, 0.3) is 5.56 Å². The van der Waals surface area contributed by atoms with Crippen LogP contribution in [0.4, 0.5) is 4.39 Å². The number of aromatic nitrogens is 4. The van der Waals surface area contributed by atoms with Crippen LogP contribution < -0.4 is 5.56 Å². The minimum atomic E-state index is -0.661. The van der Waals surface area contributed by atoms with E-state index in [0.717, 1.165) is 10.9 Å². The SMILES string of the molecule is Cc1nc2c(-c3ccc[nH]c3=O)c(C(=O)OCCN(C)C)n(Cc3cc4ccccc4nc3Cl)c2cc1F. The van der Waals surface area contributed by atoms with Crippen molar-refractivity contribution in [2.75, 3.05) is 27.2 Å². The quantitative estimate of drug-likeness (QED) is 0.238. The Balaban J connectivity index is 1.78. The van der Waals surface area contributed by atoms with E-state index < -0.39 is 17.3 Å². The van der Waals surface area contributed by atoms with E-state index >= 15 is 0 Å². The number of ether oxygens (including phenoxy) is 1. The van der Waals surface area contributed by atoms with Gasteiger partial charge in [-0.3, -0.25) is 4.79 Å². The molecule has 0 fully saturated rings. The summed E-state index contributed by atoms with van der Waals surface area (Å²) < 4.78 is 22.1. The van der Waals surface area contributed by atoms with Crippen LogP contribution in [-0.4, -0.2) is 57.6 Å². The molecule has 8 nitrogen and oxygen atoms in total. The molecular formula is C28H25ClFN5O3. The average molecular weight is 534 g/mol. The van der Waals surface area contributed by atoms with Crippen molar-refractivity contribution >= 4 is 39.5 Å². The fourth-order valence-electron chi connectivity index (χ4n) is 4.39. The maximum Gasteiger partial charge on any atom is 0.355 e. The van der Waals surface area contributed by atoms with E-state index in [9.17, 15) is 14.0 Å². The fourth-order valence-corrected chi connectivity index (χ4v) is 4.59. The monoisotopic (exact) mass is 533 g/mol. The number of hydrogen-bond acceptors (Lipinski definition) is 6. The molecule has 0 spiro atoms. The Morgan fingerprint density at radius 3 is 2.71 bits per heavy atom. The van der Waals surface area contributed by atoms with Gasteiger partial charge in [-0.05, 0) is 45.3 Å². The third kappa shape index (κ3) is 4.78. The average Bonchev–Trinajstić information content (AvgIpc) is 3.17. The molecule has 0 saturated carbocycles. The van der Waals surface area contributed by atoms with E-state index in [0.29, 0.717) is 23.1 Å². The van der Waals surface area contributed by atoms with Gasteiger partial charge in [-0.2, -0.15) is 0 Å². The summed E-state index contributed by atoms with van der Waals surface area (Å²) in [5, 5.41) is 1.11. The molecule has 0 aliphatic rings. The van der Waals surface area contributed by atoms with Gasteiger partial charge in [0.15, 0.2) is 0 Å². The minimum Gasteiger partial charge on any atom is -0.460 e. The maximum absolute atomic E-state index is 14.9. The Labute approximate surface area is 222 Å². The predicted octanol–water partition coefficient (Wildman–Crippen LogP) is 4.81. The molecule has 5 rings (SSSR count). The lowest BCUT2D eigenvalue weighted by Crippen LogP contribution is -2.22. The van der Waals surface area contributed by atoms with Crippen LogP contribution in [-0.2, 0) is 11.3 Å². The van der Waals surface area contributed by atoms with Crippen LogP contribution in [0.15, 0.2) is 59.5 Å². The highest BCUT2D eigenvalue weighted by molar-refractivity contribution is 6.30. The first kappa shape index (κ1) is 25.6. The number of para-hydroxylation sites is 1. The molecular weight excluding hydrogens is 509 g/mol. The second-order valence-corrected chi connectivity index (χ2v) is 9.57. The van der Waals surface area contributed by atoms with Gasteiger partial charge < -0.3 is 19.2 Å². The number of rotatable bonds is 7. The van der Waals surface area contributed by atoms with E-state index in [2.05, 4.69) is 15.0 Å². The van der Waals surface area contributed by atoms with Crippen LogP contribution in [0.2, 0.25) is 5.15 Å². The van der Waals surface area contributed by atoms with Crippen LogP contribution in [0.3, 0.4) is 0 Å². The highest BCUT2D eigenvalue weighted by Gasteiger charge is 2.29. The van der Waals surface area contributed by atoms with Crippen molar-refractivity contribution < 1.29 is 13.9 Å². The van der Waals surface area contributed by atoms with Crippen LogP contribution >= 0.6 is 11.6 Å². The Morgan fingerprint density at radius 2 is 1.95 bits per heavy atom. The third-order valence-corrected chi connectivity index (χ3v) is 6.62. The molecule has 4 heterocycles. The molecule has 0 saturated heterocycles. The van der Waals surface area contributed by atoms with E-state index in [4.69, 9.17) is 16.3 Å². The molecule has 0 aliphatic carbocycles. The van der Waals surface area contributed by atoms with Crippen molar-refractivity contribution in [1.82, 2.24) is 24.4 Å². The van der Waals surface area contributed by atoms with E-state index in [1.165, 1.54) is 19.2 Å². The number of nitrogens with one attached hydrogen (secondary N) is 1. The molecule has 194 valence electrons. The van der Waals surface area contributed by atoms with Crippen LogP contribution in [0, 0.1) is 12.7 Å². The van der Waals surface area contributed by atoms with Crippen molar-refractivity contribution in [2.24, 2.45) is 0 Å². The number of benzene rings is 1. The van der Waals surface area contributed by atoms with Gasteiger partial charge in [-0.1, -0.05) is 29.8 Å². The second-order valence-electron chi connectivity index (χ2n) is 9.22. The Kier molecular flexibility index (Phi) is 6.96. The van der Waals surface area contributed by atoms with Crippen molar-refractivity contribution in [3.8, 4) is 11.1 Å². The molecule has 1 aromatic carbocycles. The van der Waals surface area contributed by atoms with Crippen LogP contribution in [0.1, 0.15) is 21.7 Å². The number of esters is 1. The predicted molar refractivity (Wildman–Crippen MR) is 145 cm³/mol. The molecule has 1 N–H and O–H groups in total. The highest BCUT2D eigenvalue weighted by Crippen LogP contribution is 2.35. The number of carbonyl (C=O) groups excluding carboxylic acids is 1. The van der Waals surface area contributed by atoms with E-state index in [-0.39, 0.29) is 40.8 Å². The molecule has 4 aromatic heterocycles. The molecule has 0 unspecified atom stereocenters. The van der Waals surface area contributed by atoms with Crippen LogP contribution in [0.5, 0.6) is 0 Å². The number of pyridine rings is 3. The van der Waals surface area contributed by atoms with Gasteiger partial charge in [-0.25, -0.2) is 19.2 Å². The number of carbonyl (C=O) groups is 1. The number of hydrogen-bond donors (Lipinski definition) is 1. The number of fused-ring (bicyclic) bond motifs is 2. The van der Waals surface area contributed by atoms with Crippen molar-refractivity contribution in [2.45, 2.75) is 13.5 Å². The van der Waals surface area contributed by atoms with E-state index in [1.807, 2.05) is 49.3 Å². The number of aromatic amines is 1. The highest BCUT2D eigenvalue weighted by atomic mass is 35.5. The summed E-state index contributed by atoms with van der Waals surface area (Å²) in [7, 11) is 3.73. The largest absolute Gasteiger partial charge is 0.460 e. The Bertz CT molecular complexity index is 1740. The smallest absolute Gasteiger partial charge is 0.355 e. The van der Waals surface area contributed by atoms with Gasteiger partial charge in [0, 0.05) is 35.3 Å². The maximum atomic E-state index is 14.9. The van der Waals surface area contributed by atoms with Gasteiger partial charge in [0.1, 0.15) is 23.3 Å². The summed E-state index contributed by atoms with van der Waals surface area (Å²) in [5.41, 5.74) is 2.27.